The summed E-state index contributed by atoms with van der Waals surface area (Å²) < 4.78 is 5.07. The number of nitrogens with zero attached hydrogens (tertiary/aromatic N) is 4. The molecule has 0 fully saturated rings. The highest BCUT2D eigenvalue weighted by molar-refractivity contribution is 5.05. The van der Waals surface area contributed by atoms with Crippen LogP contribution < -0.4 is 5.69 Å². The highest BCUT2D eigenvalue weighted by atomic mass is 16.1. The van der Waals surface area contributed by atoms with Crippen LogP contribution in [-0.4, -0.2) is 18.9 Å². The van der Waals surface area contributed by atoms with Gasteiger partial charge in [0.25, 0.3) is 0 Å². The third-order valence-electron chi connectivity index (χ3n) is 2.38. The van der Waals surface area contributed by atoms with Crippen LogP contribution in [0.1, 0.15) is 12.5 Å². The molecule has 0 amide bonds. The zero-order valence-corrected chi connectivity index (χ0v) is 8.92. The van der Waals surface area contributed by atoms with Crippen LogP contribution in [-0.2, 0) is 20.1 Å². The van der Waals surface area contributed by atoms with E-state index in [-0.39, 0.29) is 5.69 Å². The van der Waals surface area contributed by atoms with E-state index in [0.29, 0.717) is 6.54 Å². The molecule has 2 rings (SSSR count). The van der Waals surface area contributed by atoms with Gasteiger partial charge in [-0.2, -0.15) is 5.10 Å². The van der Waals surface area contributed by atoms with E-state index < -0.39 is 0 Å². The van der Waals surface area contributed by atoms with E-state index in [1.807, 2.05) is 17.8 Å². The van der Waals surface area contributed by atoms with E-state index in [2.05, 4.69) is 5.10 Å². The van der Waals surface area contributed by atoms with E-state index >= 15 is 0 Å². The second-order valence-corrected chi connectivity index (χ2v) is 3.52. The molecule has 0 aliphatic carbocycles. The lowest BCUT2D eigenvalue weighted by Crippen LogP contribution is -2.22. The van der Waals surface area contributed by atoms with Crippen molar-refractivity contribution in [1.82, 2.24) is 18.9 Å². The maximum Gasteiger partial charge on any atom is 0.328 e. The quantitative estimate of drug-likeness (QED) is 0.732. The second kappa shape index (κ2) is 3.76. The fourth-order valence-corrected chi connectivity index (χ4v) is 1.49. The van der Waals surface area contributed by atoms with Crippen molar-refractivity contribution >= 4 is 0 Å². The molecule has 0 saturated carbocycles. The molecular weight excluding hydrogens is 192 g/mol. The molecule has 0 aliphatic heterocycles. The molecule has 15 heavy (non-hydrogen) atoms. The van der Waals surface area contributed by atoms with Gasteiger partial charge in [0.2, 0.25) is 0 Å². The van der Waals surface area contributed by atoms with Gasteiger partial charge in [-0.1, -0.05) is 0 Å². The summed E-state index contributed by atoms with van der Waals surface area (Å²) in [7, 11) is 1.74. The summed E-state index contributed by atoms with van der Waals surface area (Å²) in [5, 5.41) is 4.16. The van der Waals surface area contributed by atoms with Crippen molar-refractivity contribution in [2.24, 2.45) is 7.05 Å². The number of rotatable bonds is 3. The van der Waals surface area contributed by atoms with Crippen molar-refractivity contribution in [3.63, 3.8) is 0 Å². The summed E-state index contributed by atoms with van der Waals surface area (Å²) in [6, 6.07) is 0. The first-order valence-corrected chi connectivity index (χ1v) is 4.94. The molecule has 0 aromatic carbocycles. The molecule has 0 bridgehead atoms. The fraction of sp³-hybridized carbons (Fsp3) is 0.400. The number of aryl methyl sites for hydroxylation is 2. The molecule has 0 saturated heterocycles. The lowest BCUT2D eigenvalue weighted by Gasteiger charge is -1.97. The molecule has 2 aromatic heterocycles. The maximum absolute atomic E-state index is 11.5. The monoisotopic (exact) mass is 206 g/mol. The molecular formula is C10H14N4O. The molecule has 0 N–H and O–H groups in total. The third kappa shape index (κ3) is 1.86. The zero-order chi connectivity index (χ0) is 10.8. The van der Waals surface area contributed by atoms with Crippen LogP contribution in [0.2, 0.25) is 0 Å². The van der Waals surface area contributed by atoms with Gasteiger partial charge in [-0.15, -0.1) is 0 Å². The summed E-state index contributed by atoms with van der Waals surface area (Å²) in [5.74, 6) is 0. The van der Waals surface area contributed by atoms with Crippen molar-refractivity contribution in [3.8, 4) is 0 Å². The maximum atomic E-state index is 11.5. The molecule has 80 valence electrons. The molecule has 0 aliphatic rings. The van der Waals surface area contributed by atoms with Crippen molar-refractivity contribution in [2.45, 2.75) is 20.0 Å². The van der Waals surface area contributed by atoms with Gasteiger partial charge >= 0.3 is 5.69 Å². The first-order valence-electron chi connectivity index (χ1n) is 4.94. The minimum atomic E-state index is -0.000696. The van der Waals surface area contributed by atoms with Crippen LogP contribution in [0.25, 0.3) is 0 Å². The van der Waals surface area contributed by atoms with Crippen molar-refractivity contribution in [2.75, 3.05) is 0 Å². The summed E-state index contributed by atoms with van der Waals surface area (Å²) in [4.78, 5) is 11.5. The SMILES string of the molecule is CCn1cc(Cn2ccn(C)c2=O)cn1. The Morgan fingerprint density at radius 3 is 2.73 bits per heavy atom. The molecule has 0 spiro atoms. The number of aromatic nitrogens is 4. The van der Waals surface area contributed by atoms with Crippen LogP contribution in [0.3, 0.4) is 0 Å². The topological polar surface area (TPSA) is 44.8 Å². The Labute approximate surface area is 87.6 Å². The Kier molecular flexibility index (Phi) is 2.45. The standard InChI is InChI=1S/C10H14N4O/c1-3-14-8-9(6-11-14)7-13-5-4-12(2)10(13)15/h4-6,8H,3,7H2,1-2H3. The van der Waals surface area contributed by atoms with Crippen LogP contribution in [0.5, 0.6) is 0 Å². The van der Waals surface area contributed by atoms with E-state index in [0.717, 1.165) is 12.1 Å². The predicted octanol–water partition coefficient (Wildman–Crippen LogP) is 0.452. The first kappa shape index (κ1) is 9.76. The number of hydrogen-bond acceptors (Lipinski definition) is 2. The van der Waals surface area contributed by atoms with Crippen molar-refractivity contribution in [1.29, 1.82) is 0 Å². The Morgan fingerprint density at radius 1 is 1.40 bits per heavy atom. The van der Waals surface area contributed by atoms with E-state index in [9.17, 15) is 4.79 Å². The largest absolute Gasteiger partial charge is 0.328 e. The van der Waals surface area contributed by atoms with Crippen LogP contribution in [0.15, 0.2) is 29.6 Å². The Hall–Kier alpha value is -1.78. The van der Waals surface area contributed by atoms with Gasteiger partial charge < -0.3 is 4.57 Å². The normalized spacial score (nSPS) is 10.8. The predicted molar refractivity (Wildman–Crippen MR) is 56.7 cm³/mol. The van der Waals surface area contributed by atoms with Crippen LogP contribution >= 0.6 is 0 Å². The average Bonchev–Trinajstić information content (AvgIpc) is 2.80. The Balaban J connectivity index is 2.22. The van der Waals surface area contributed by atoms with E-state index in [4.69, 9.17) is 0 Å². The minimum absolute atomic E-state index is 0.000696. The summed E-state index contributed by atoms with van der Waals surface area (Å²) in [6.07, 6.45) is 7.29. The third-order valence-corrected chi connectivity index (χ3v) is 2.38. The van der Waals surface area contributed by atoms with Crippen LogP contribution in [0, 0.1) is 0 Å². The molecule has 0 radical (unpaired) electrons. The lowest BCUT2D eigenvalue weighted by molar-refractivity contribution is 0.657. The Bertz CT molecular complexity index is 505. The van der Waals surface area contributed by atoms with E-state index in [1.54, 1.807) is 34.8 Å². The fourth-order valence-electron chi connectivity index (χ4n) is 1.49. The smallest absolute Gasteiger partial charge is 0.302 e. The van der Waals surface area contributed by atoms with Gasteiger partial charge in [0.15, 0.2) is 0 Å². The molecule has 5 heteroatoms. The highest BCUT2D eigenvalue weighted by Gasteiger charge is 2.02. The van der Waals surface area contributed by atoms with Crippen molar-refractivity contribution < 1.29 is 0 Å². The number of hydrogen-bond donors (Lipinski definition) is 0. The molecule has 2 heterocycles. The zero-order valence-electron chi connectivity index (χ0n) is 8.92. The van der Waals surface area contributed by atoms with Gasteiger partial charge in [0.05, 0.1) is 12.7 Å². The van der Waals surface area contributed by atoms with Gasteiger partial charge in [-0.25, -0.2) is 4.79 Å². The first-order chi connectivity index (χ1) is 7.20. The highest BCUT2D eigenvalue weighted by Crippen LogP contribution is 1.99. The molecule has 0 unspecified atom stereocenters. The second-order valence-electron chi connectivity index (χ2n) is 3.52. The average molecular weight is 206 g/mol. The number of imidazole rings is 1. The van der Waals surface area contributed by atoms with Gasteiger partial charge in [-0.05, 0) is 6.92 Å². The Morgan fingerprint density at radius 2 is 2.20 bits per heavy atom. The van der Waals surface area contributed by atoms with Gasteiger partial charge in [-0.3, -0.25) is 9.25 Å². The van der Waals surface area contributed by atoms with E-state index in [1.165, 1.54) is 0 Å². The minimum Gasteiger partial charge on any atom is -0.302 e. The summed E-state index contributed by atoms with van der Waals surface area (Å²) in [6.45, 7) is 3.47. The molecule has 0 atom stereocenters. The summed E-state index contributed by atoms with van der Waals surface area (Å²) in [5.41, 5.74) is 1.05. The van der Waals surface area contributed by atoms with Crippen molar-refractivity contribution in [3.05, 3.63) is 40.8 Å². The van der Waals surface area contributed by atoms with Gasteiger partial charge in [0, 0.05) is 37.7 Å². The lowest BCUT2D eigenvalue weighted by atomic mass is 10.3. The van der Waals surface area contributed by atoms with Crippen LogP contribution in [0.4, 0.5) is 0 Å². The molecule has 5 nitrogen and oxygen atoms in total. The summed E-state index contributed by atoms with van der Waals surface area (Å²) >= 11 is 0. The van der Waals surface area contributed by atoms with Gasteiger partial charge in [0.1, 0.15) is 0 Å². The molecule has 2 aromatic rings.